The number of hydrogen-bond donors (Lipinski definition) is 3. The molecule has 0 bridgehead atoms. The molecule has 9 nitrogen and oxygen atoms in total. The number of amides is 2. The molecule has 1 aliphatic rings. The van der Waals surface area contributed by atoms with Crippen molar-refractivity contribution in [2.45, 2.75) is 31.8 Å². The number of piperidine rings is 1. The van der Waals surface area contributed by atoms with E-state index < -0.39 is 21.7 Å². The van der Waals surface area contributed by atoms with Gasteiger partial charge in [-0.2, -0.15) is 12.7 Å². The van der Waals surface area contributed by atoms with Crippen LogP contribution in [0.2, 0.25) is 10.0 Å². The monoisotopic (exact) mass is 551 g/mol. The first-order valence-corrected chi connectivity index (χ1v) is 13.5. The number of rotatable bonds is 6. The second-order valence-corrected chi connectivity index (χ2v) is 11.3. The van der Waals surface area contributed by atoms with Crippen molar-refractivity contribution >= 4 is 56.1 Å². The van der Waals surface area contributed by atoms with Crippen molar-refractivity contribution in [3.63, 3.8) is 0 Å². The van der Waals surface area contributed by atoms with Gasteiger partial charge in [0.05, 0.1) is 15.6 Å². The number of carbonyl (C=O) groups is 2. The molecule has 192 valence electrons. The first kappa shape index (κ1) is 26.4. The second kappa shape index (κ2) is 10.0. The molecule has 4 N–H and O–H groups in total. The van der Waals surface area contributed by atoms with Crippen LogP contribution < -0.4 is 15.8 Å². The Kier molecular flexibility index (Phi) is 7.36. The van der Waals surface area contributed by atoms with Crippen LogP contribution in [-0.2, 0) is 34.1 Å². The molecule has 0 unspecified atom stereocenters. The van der Waals surface area contributed by atoms with Crippen LogP contribution >= 0.6 is 23.2 Å². The van der Waals surface area contributed by atoms with Crippen LogP contribution in [0, 0.1) is 0 Å². The lowest BCUT2D eigenvalue weighted by atomic mass is 9.80. The molecule has 0 radical (unpaired) electrons. The number of nitrogens with two attached hydrogens (primary N) is 1. The number of hydrogen-bond acceptors (Lipinski definition) is 5. The molecule has 0 aliphatic carbocycles. The van der Waals surface area contributed by atoms with Gasteiger partial charge in [-0.15, -0.1) is 0 Å². The molecule has 4 rings (SSSR count). The van der Waals surface area contributed by atoms with Gasteiger partial charge in [0.2, 0.25) is 5.91 Å². The standard InChI is InChI=1S/C24H27Cl2N5O4S/c1-15(32)29-36(34,35)31-10-8-24(9-11-31,17-5-3-4-16(12-17)14-27)28-23(33)21-13-18-20(30(21)2)7-6-19(25)22(18)26/h3-7,12-13H,8-11,14,27H2,1-2H3,(H,28,33)(H,29,32). The minimum atomic E-state index is -3.97. The zero-order valence-corrected chi connectivity index (χ0v) is 22.2. The summed E-state index contributed by atoms with van der Waals surface area (Å²) in [5.74, 6) is -0.998. The van der Waals surface area contributed by atoms with Crippen LogP contribution in [0.3, 0.4) is 0 Å². The first-order valence-electron chi connectivity index (χ1n) is 11.3. The van der Waals surface area contributed by atoms with E-state index in [0.29, 0.717) is 40.5 Å². The summed E-state index contributed by atoms with van der Waals surface area (Å²) in [4.78, 5) is 25.0. The Bertz CT molecular complexity index is 1450. The van der Waals surface area contributed by atoms with Crippen molar-refractivity contribution in [1.82, 2.24) is 18.9 Å². The van der Waals surface area contributed by atoms with Gasteiger partial charge in [-0.05, 0) is 42.2 Å². The van der Waals surface area contributed by atoms with Crippen LogP contribution in [0.4, 0.5) is 0 Å². The summed E-state index contributed by atoms with van der Waals surface area (Å²) >= 11 is 12.5. The normalized spacial score (nSPS) is 16.1. The molecule has 0 spiro atoms. The molecule has 2 aromatic carbocycles. The van der Waals surface area contributed by atoms with Gasteiger partial charge in [0.25, 0.3) is 5.91 Å². The maximum atomic E-state index is 13.6. The SMILES string of the molecule is CC(=O)NS(=O)(=O)N1CCC(NC(=O)c2cc3c(Cl)c(Cl)ccc3n2C)(c2cccc(CN)c2)CC1. The fraction of sp³-hybridized carbons (Fsp3) is 0.333. The molecule has 2 amide bonds. The lowest BCUT2D eigenvalue weighted by molar-refractivity contribution is -0.117. The maximum absolute atomic E-state index is 13.6. The Hall–Kier alpha value is -2.63. The summed E-state index contributed by atoms with van der Waals surface area (Å²) in [6, 6.07) is 12.8. The Morgan fingerprint density at radius 3 is 2.44 bits per heavy atom. The summed E-state index contributed by atoms with van der Waals surface area (Å²) < 4.78 is 30.1. The molecule has 1 fully saturated rings. The summed E-state index contributed by atoms with van der Waals surface area (Å²) in [6.45, 7) is 1.68. The lowest BCUT2D eigenvalue weighted by Crippen LogP contribution is -2.56. The Labute approximate surface area is 219 Å². The fourth-order valence-corrected chi connectivity index (χ4v) is 6.22. The number of carbonyl (C=O) groups excluding carboxylic acids is 2. The highest BCUT2D eigenvalue weighted by atomic mass is 35.5. The van der Waals surface area contributed by atoms with E-state index in [4.69, 9.17) is 28.9 Å². The minimum Gasteiger partial charge on any atom is -0.341 e. The molecule has 0 atom stereocenters. The Morgan fingerprint density at radius 1 is 1.11 bits per heavy atom. The first-order chi connectivity index (χ1) is 17.0. The van der Waals surface area contributed by atoms with Crippen LogP contribution in [0.25, 0.3) is 10.9 Å². The van der Waals surface area contributed by atoms with E-state index in [1.807, 2.05) is 29.0 Å². The zero-order chi connectivity index (χ0) is 26.3. The number of nitrogens with one attached hydrogen (secondary N) is 2. The van der Waals surface area contributed by atoms with Crippen molar-refractivity contribution in [1.29, 1.82) is 0 Å². The number of fused-ring (bicyclic) bond motifs is 1. The highest BCUT2D eigenvalue weighted by molar-refractivity contribution is 7.87. The van der Waals surface area contributed by atoms with Gasteiger partial charge >= 0.3 is 10.2 Å². The third-order valence-corrected chi connectivity index (χ3v) is 9.01. The summed E-state index contributed by atoms with van der Waals surface area (Å²) in [5.41, 5.74) is 7.86. The predicted molar refractivity (Wildman–Crippen MR) is 140 cm³/mol. The Morgan fingerprint density at radius 2 is 1.81 bits per heavy atom. The number of aryl methyl sites for hydroxylation is 1. The van der Waals surface area contributed by atoms with Crippen molar-refractivity contribution in [3.05, 3.63) is 69.3 Å². The fourth-order valence-electron chi connectivity index (χ4n) is 4.68. The smallest absolute Gasteiger partial charge is 0.303 e. The number of nitrogens with zero attached hydrogens (tertiary/aromatic N) is 2. The van der Waals surface area contributed by atoms with Crippen LogP contribution in [0.15, 0.2) is 42.5 Å². The summed E-state index contributed by atoms with van der Waals surface area (Å²) in [5, 5.41) is 4.60. The molecule has 0 saturated carbocycles. The summed E-state index contributed by atoms with van der Waals surface area (Å²) in [6.07, 6.45) is 0.588. The molecule has 12 heteroatoms. The van der Waals surface area contributed by atoms with E-state index in [-0.39, 0.29) is 19.0 Å². The van der Waals surface area contributed by atoms with E-state index in [1.165, 1.54) is 4.31 Å². The average molecular weight is 552 g/mol. The average Bonchev–Trinajstić information content (AvgIpc) is 3.18. The van der Waals surface area contributed by atoms with E-state index >= 15 is 0 Å². The quantitative estimate of drug-likeness (QED) is 0.434. The molecule has 1 aliphatic heterocycles. The number of aromatic nitrogens is 1. The maximum Gasteiger partial charge on any atom is 0.303 e. The molecule has 36 heavy (non-hydrogen) atoms. The molecule has 1 saturated heterocycles. The zero-order valence-electron chi connectivity index (χ0n) is 19.8. The van der Waals surface area contributed by atoms with E-state index in [1.54, 1.807) is 29.8 Å². The van der Waals surface area contributed by atoms with E-state index in [0.717, 1.165) is 23.6 Å². The van der Waals surface area contributed by atoms with Gasteiger partial charge in [0, 0.05) is 44.5 Å². The molecule has 3 aromatic rings. The van der Waals surface area contributed by atoms with Gasteiger partial charge in [-0.1, -0.05) is 47.5 Å². The highest BCUT2D eigenvalue weighted by Crippen LogP contribution is 2.36. The van der Waals surface area contributed by atoms with Crippen LogP contribution in [-0.4, -0.2) is 42.2 Å². The van der Waals surface area contributed by atoms with Gasteiger partial charge in [0.1, 0.15) is 5.69 Å². The topological polar surface area (TPSA) is 127 Å². The molecular weight excluding hydrogens is 525 g/mol. The lowest BCUT2D eigenvalue weighted by Gasteiger charge is -2.42. The predicted octanol–water partition coefficient (Wildman–Crippen LogP) is 3.05. The van der Waals surface area contributed by atoms with Gasteiger partial charge < -0.3 is 15.6 Å². The van der Waals surface area contributed by atoms with Gasteiger partial charge in [0.15, 0.2) is 0 Å². The van der Waals surface area contributed by atoms with Gasteiger partial charge in [-0.25, -0.2) is 4.72 Å². The third-order valence-electron chi connectivity index (χ3n) is 6.60. The largest absolute Gasteiger partial charge is 0.341 e. The van der Waals surface area contributed by atoms with E-state index in [9.17, 15) is 18.0 Å². The minimum absolute atomic E-state index is 0.103. The molecule has 2 heterocycles. The van der Waals surface area contributed by atoms with Crippen LogP contribution in [0.1, 0.15) is 41.4 Å². The van der Waals surface area contributed by atoms with Crippen LogP contribution in [0.5, 0.6) is 0 Å². The second-order valence-electron chi connectivity index (χ2n) is 8.89. The third kappa shape index (κ3) is 4.96. The molecule has 1 aromatic heterocycles. The highest BCUT2D eigenvalue weighted by Gasteiger charge is 2.41. The van der Waals surface area contributed by atoms with Crippen molar-refractivity contribution in [2.24, 2.45) is 12.8 Å². The van der Waals surface area contributed by atoms with Gasteiger partial charge in [-0.3, -0.25) is 9.59 Å². The Balaban J connectivity index is 1.70. The van der Waals surface area contributed by atoms with Crippen molar-refractivity contribution in [2.75, 3.05) is 13.1 Å². The summed E-state index contributed by atoms with van der Waals surface area (Å²) in [7, 11) is -2.20. The van der Waals surface area contributed by atoms with Crippen molar-refractivity contribution < 1.29 is 18.0 Å². The molecular formula is C24H27Cl2N5O4S. The number of halogens is 2. The van der Waals surface area contributed by atoms with E-state index in [2.05, 4.69) is 5.32 Å². The van der Waals surface area contributed by atoms with Crippen molar-refractivity contribution in [3.8, 4) is 0 Å². The number of benzene rings is 2.